The van der Waals surface area contributed by atoms with Crippen LogP contribution in [0.4, 0.5) is 5.69 Å². The molecule has 6 rings (SSSR count). The van der Waals surface area contributed by atoms with E-state index in [0.717, 1.165) is 43.4 Å². The number of aromatic hydroxyl groups is 1. The number of anilines is 1. The molecule has 0 saturated heterocycles. The van der Waals surface area contributed by atoms with Crippen molar-refractivity contribution in [1.82, 2.24) is 0 Å². The Labute approximate surface area is 277 Å². The van der Waals surface area contributed by atoms with E-state index in [4.69, 9.17) is 0 Å². The second kappa shape index (κ2) is 11.7. The van der Waals surface area contributed by atoms with Crippen LogP contribution in [-0.2, 0) is 16.0 Å². The van der Waals surface area contributed by atoms with Gasteiger partial charge in [0.05, 0.1) is 5.70 Å². The zero-order chi connectivity index (χ0) is 33.2. The summed E-state index contributed by atoms with van der Waals surface area (Å²) in [4.78, 5) is 27.2. The number of ketones is 2. The van der Waals surface area contributed by atoms with Gasteiger partial charge >= 0.3 is 0 Å². The van der Waals surface area contributed by atoms with Crippen LogP contribution < -0.4 is 5.32 Å². The van der Waals surface area contributed by atoms with Gasteiger partial charge in [0.25, 0.3) is 0 Å². The first-order valence-electron chi connectivity index (χ1n) is 18.1. The molecule has 5 aliphatic carbocycles. The zero-order valence-electron chi connectivity index (χ0n) is 29.7. The van der Waals surface area contributed by atoms with Crippen LogP contribution in [0.25, 0.3) is 0 Å². The van der Waals surface area contributed by atoms with Gasteiger partial charge in [-0.15, -0.1) is 0 Å². The second-order valence-electron chi connectivity index (χ2n) is 17.0. The Hall–Kier alpha value is -2.88. The maximum absolute atomic E-state index is 13.6. The summed E-state index contributed by atoms with van der Waals surface area (Å²) in [6.07, 6.45) is 18.7. The summed E-state index contributed by atoms with van der Waals surface area (Å²) in [5.41, 5.74) is 5.98. The molecule has 0 bridgehead atoms. The molecule has 0 aliphatic heterocycles. The Balaban J connectivity index is 1.20. The van der Waals surface area contributed by atoms with E-state index < -0.39 is 0 Å². The first kappa shape index (κ1) is 33.0. The van der Waals surface area contributed by atoms with Crippen molar-refractivity contribution < 1.29 is 14.7 Å². The summed E-state index contributed by atoms with van der Waals surface area (Å²) in [5.74, 6) is 2.16. The highest BCUT2D eigenvalue weighted by atomic mass is 16.3. The highest BCUT2D eigenvalue weighted by molar-refractivity contribution is 6.21. The number of benzene rings is 1. The average Bonchev–Trinajstić information content (AvgIpc) is 3.00. The lowest BCUT2D eigenvalue weighted by Gasteiger charge is -2.58. The number of nitrogens with one attached hydrogen (secondary N) is 1. The molecule has 8 atom stereocenters. The number of hydrogen-bond donors (Lipinski definition) is 2. The number of carbonyl (C=O) groups excluding carboxylic acids is 2. The van der Waals surface area contributed by atoms with Crippen molar-refractivity contribution in [3.8, 4) is 5.75 Å². The largest absolute Gasteiger partial charge is 0.508 e. The van der Waals surface area contributed by atoms with E-state index in [1.165, 1.54) is 42.9 Å². The molecule has 0 unspecified atom stereocenters. The fraction of sp³-hybridized carbons (Fsp3) is 0.619. The Bertz CT molecular complexity index is 1560. The average molecular weight is 624 g/mol. The van der Waals surface area contributed by atoms with E-state index in [2.05, 4.69) is 72.9 Å². The van der Waals surface area contributed by atoms with Crippen LogP contribution in [0.5, 0.6) is 5.75 Å². The number of fused-ring (bicyclic) bond motifs is 2. The van der Waals surface area contributed by atoms with Crippen molar-refractivity contribution >= 4 is 17.3 Å². The maximum Gasteiger partial charge on any atom is 0.202 e. The third kappa shape index (κ3) is 5.27. The number of phenols is 1. The zero-order valence-corrected chi connectivity index (χ0v) is 29.7. The molecule has 1 aromatic rings. The van der Waals surface area contributed by atoms with Gasteiger partial charge in [-0.25, -0.2) is 0 Å². The van der Waals surface area contributed by atoms with Crippen LogP contribution in [0.1, 0.15) is 119 Å². The SMILES string of the molecule is CC1=CCC[C@@H]2[C@@](C)(Cc3cc(NC4=CC(=O)C(C[C@]5(C)[C@@H](C)CC[C@]6(C)C(C)=CCC[C@@H]56)=CC4=O)ccc3O)[C@H](C)CC[C@@]12C. The smallest absolute Gasteiger partial charge is 0.202 e. The molecule has 4 nitrogen and oxygen atoms in total. The quantitative estimate of drug-likeness (QED) is 0.188. The lowest BCUT2D eigenvalue weighted by atomic mass is 9.46. The lowest BCUT2D eigenvalue weighted by Crippen LogP contribution is -2.50. The van der Waals surface area contributed by atoms with E-state index >= 15 is 0 Å². The van der Waals surface area contributed by atoms with Gasteiger partial charge in [-0.1, -0.05) is 64.8 Å². The molecular weight excluding hydrogens is 566 g/mol. The lowest BCUT2D eigenvalue weighted by molar-refractivity contribution is -0.116. The maximum atomic E-state index is 13.6. The molecule has 46 heavy (non-hydrogen) atoms. The van der Waals surface area contributed by atoms with Gasteiger partial charge < -0.3 is 10.4 Å². The van der Waals surface area contributed by atoms with Gasteiger partial charge in [-0.2, -0.15) is 0 Å². The fourth-order valence-corrected chi connectivity index (χ4v) is 11.0. The minimum Gasteiger partial charge on any atom is -0.508 e. The first-order valence-corrected chi connectivity index (χ1v) is 18.1. The Morgan fingerprint density at radius 1 is 0.761 bits per heavy atom. The number of hydrogen-bond acceptors (Lipinski definition) is 4. The van der Waals surface area contributed by atoms with Crippen LogP contribution in [0, 0.1) is 45.3 Å². The van der Waals surface area contributed by atoms with Gasteiger partial charge in [-0.05, 0) is 153 Å². The number of carbonyl (C=O) groups is 2. The van der Waals surface area contributed by atoms with Crippen molar-refractivity contribution in [3.05, 3.63) is 70.5 Å². The molecule has 2 fully saturated rings. The topological polar surface area (TPSA) is 66.4 Å². The third-order valence-electron chi connectivity index (χ3n) is 14.9. The summed E-state index contributed by atoms with van der Waals surface area (Å²) < 4.78 is 0. The van der Waals surface area contributed by atoms with Crippen molar-refractivity contribution in [1.29, 1.82) is 0 Å². The van der Waals surface area contributed by atoms with E-state index in [1.807, 2.05) is 12.1 Å². The molecule has 0 amide bonds. The van der Waals surface area contributed by atoms with Crippen molar-refractivity contribution in [3.63, 3.8) is 0 Å². The van der Waals surface area contributed by atoms with Gasteiger partial charge in [-0.3, -0.25) is 9.59 Å². The number of allylic oxidation sites excluding steroid dienone is 7. The molecule has 5 aliphatic rings. The van der Waals surface area contributed by atoms with Crippen molar-refractivity contribution in [2.45, 2.75) is 120 Å². The molecule has 0 spiro atoms. The molecule has 0 heterocycles. The van der Waals surface area contributed by atoms with E-state index in [-0.39, 0.29) is 33.2 Å². The fourth-order valence-electron chi connectivity index (χ4n) is 11.0. The monoisotopic (exact) mass is 623 g/mol. The molecule has 248 valence electrons. The number of rotatable bonds is 6. The molecule has 4 heteroatoms. The summed E-state index contributed by atoms with van der Waals surface area (Å²) in [5, 5.41) is 14.3. The predicted octanol–water partition coefficient (Wildman–Crippen LogP) is 10.3. The molecule has 0 radical (unpaired) electrons. The Kier molecular flexibility index (Phi) is 8.38. The third-order valence-corrected chi connectivity index (χ3v) is 14.9. The highest BCUT2D eigenvalue weighted by Crippen LogP contribution is 2.63. The normalized spacial score (nSPS) is 39.4. The minimum atomic E-state index is -0.146. The van der Waals surface area contributed by atoms with Gasteiger partial charge in [0, 0.05) is 17.3 Å². The molecule has 2 N–H and O–H groups in total. The Morgan fingerprint density at radius 3 is 1.87 bits per heavy atom. The summed E-state index contributed by atoms with van der Waals surface area (Å²) in [6, 6.07) is 5.54. The van der Waals surface area contributed by atoms with Crippen LogP contribution in [-0.4, -0.2) is 16.7 Å². The van der Waals surface area contributed by atoms with Gasteiger partial charge in [0.15, 0.2) is 5.78 Å². The summed E-state index contributed by atoms with van der Waals surface area (Å²) >= 11 is 0. The first-order chi connectivity index (χ1) is 21.6. The molecule has 2 saturated carbocycles. The summed E-state index contributed by atoms with van der Waals surface area (Å²) in [7, 11) is 0. The predicted molar refractivity (Wildman–Crippen MR) is 188 cm³/mol. The van der Waals surface area contributed by atoms with Crippen LogP contribution in [0.15, 0.2) is 64.9 Å². The number of phenolic OH excluding ortho intramolecular Hbond substituents is 1. The highest BCUT2D eigenvalue weighted by Gasteiger charge is 2.55. The molecular formula is C42H57NO3. The molecule has 0 aromatic heterocycles. The van der Waals surface area contributed by atoms with Gasteiger partial charge in [0.1, 0.15) is 5.75 Å². The van der Waals surface area contributed by atoms with E-state index in [1.54, 1.807) is 12.1 Å². The van der Waals surface area contributed by atoms with Gasteiger partial charge in [0.2, 0.25) is 5.78 Å². The summed E-state index contributed by atoms with van der Waals surface area (Å²) in [6.45, 7) is 19.0. The van der Waals surface area contributed by atoms with Crippen LogP contribution in [0.3, 0.4) is 0 Å². The molecule has 1 aromatic carbocycles. The van der Waals surface area contributed by atoms with Crippen molar-refractivity contribution in [2.24, 2.45) is 45.3 Å². The standard InChI is InChI=1S/C42H57NO3/c1-26-11-9-13-37-39(26,5)19-17-28(3)41(37,7)24-30-21-32(15-16-34(30)44)43-33-23-35(45)31(22-36(33)46)25-42(8)29(4)18-20-40(6)27(2)12-10-14-38(40)42/h11-12,15-16,21-23,28-29,37-38,43-44H,9-10,13-14,17-20,24-25H2,1-8H3/t28-,29+,37+,38-,39+,40-,41+,42-/m1/s1. The van der Waals surface area contributed by atoms with Crippen LogP contribution in [0.2, 0.25) is 0 Å². The Morgan fingerprint density at radius 2 is 1.30 bits per heavy atom. The second-order valence-corrected chi connectivity index (χ2v) is 17.0. The van der Waals surface area contributed by atoms with Crippen LogP contribution >= 0.6 is 0 Å². The van der Waals surface area contributed by atoms with E-state index in [0.29, 0.717) is 47.1 Å². The van der Waals surface area contributed by atoms with Crippen molar-refractivity contribution in [2.75, 3.05) is 5.32 Å². The minimum absolute atomic E-state index is 0.0377. The van der Waals surface area contributed by atoms with E-state index in [9.17, 15) is 14.7 Å².